The fourth-order valence-electron chi connectivity index (χ4n) is 8.45. The number of Topliss-reactive ketones (excluding diaryl/α,β-unsaturated/α-hetero) is 3. The monoisotopic (exact) mass is 516 g/mol. The number of ketones is 3. The van der Waals surface area contributed by atoms with Crippen molar-refractivity contribution in [3.63, 3.8) is 0 Å². The van der Waals surface area contributed by atoms with Crippen LogP contribution in [-0.2, 0) is 22.4 Å². The Kier molecular flexibility index (Phi) is 7.12. The summed E-state index contributed by atoms with van der Waals surface area (Å²) in [5.41, 5.74) is 7.24. The van der Waals surface area contributed by atoms with Gasteiger partial charge in [-0.05, 0) is 106 Å². The second kappa shape index (κ2) is 9.42. The van der Waals surface area contributed by atoms with Gasteiger partial charge in [0.05, 0.1) is 11.0 Å². The second-order valence-corrected chi connectivity index (χ2v) is 14.0. The first-order valence-corrected chi connectivity index (χ1v) is 14.7. The smallest absolute Gasteiger partial charge is 0.190 e. The molecule has 0 radical (unpaired) electrons. The highest BCUT2D eigenvalue weighted by Crippen LogP contribution is 2.66. The molecule has 1 aromatic rings. The average Bonchev–Trinajstić information content (AvgIpc) is 2.79. The van der Waals surface area contributed by atoms with Gasteiger partial charge in [-0.15, -0.1) is 0 Å². The van der Waals surface area contributed by atoms with E-state index in [-0.39, 0.29) is 28.2 Å². The summed E-state index contributed by atoms with van der Waals surface area (Å²) < 4.78 is 0. The van der Waals surface area contributed by atoms with E-state index in [1.807, 2.05) is 20.8 Å². The van der Waals surface area contributed by atoms with E-state index in [0.29, 0.717) is 23.8 Å². The molecule has 0 saturated heterocycles. The molecule has 3 aliphatic rings. The normalized spacial score (nSPS) is 29.9. The molecule has 0 fully saturated rings. The summed E-state index contributed by atoms with van der Waals surface area (Å²) in [6.45, 7) is 23.1. The number of carbonyl (C=O) groups is 3. The van der Waals surface area contributed by atoms with Crippen molar-refractivity contribution < 1.29 is 14.4 Å². The molecule has 3 aliphatic carbocycles. The van der Waals surface area contributed by atoms with Gasteiger partial charge >= 0.3 is 0 Å². The fraction of sp³-hybridized carbons (Fsp3) is 0.629. The van der Waals surface area contributed by atoms with Crippen LogP contribution >= 0.6 is 0 Å². The molecule has 1 aromatic carbocycles. The van der Waals surface area contributed by atoms with Crippen molar-refractivity contribution in [2.45, 2.75) is 121 Å². The lowest BCUT2D eigenvalue weighted by Gasteiger charge is -2.59. The fourth-order valence-corrected chi connectivity index (χ4v) is 8.45. The predicted molar refractivity (Wildman–Crippen MR) is 156 cm³/mol. The Morgan fingerprint density at radius 2 is 1.66 bits per heavy atom. The first kappa shape index (κ1) is 28.7. The third-order valence-electron chi connectivity index (χ3n) is 10.9. The maximum atomic E-state index is 14.7. The van der Waals surface area contributed by atoms with Crippen LogP contribution in [0.5, 0.6) is 0 Å². The van der Waals surface area contributed by atoms with Crippen molar-refractivity contribution in [3.05, 3.63) is 56.2 Å². The SMILES string of the molecule is CCC(C)CCc1cc(C(C)C)c2c(c1C)C(=O)C1=C(C)C3(C)C(=O)C(C(C)=O)=C(C)CC3(C)CC1(C)C2. The molecule has 0 N–H and O–H groups in total. The molecule has 0 saturated carbocycles. The first-order chi connectivity index (χ1) is 17.5. The Morgan fingerprint density at radius 3 is 2.21 bits per heavy atom. The van der Waals surface area contributed by atoms with Crippen molar-refractivity contribution >= 4 is 17.3 Å². The van der Waals surface area contributed by atoms with E-state index in [1.54, 1.807) is 0 Å². The molecular weight excluding hydrogens is 468 g/mol. The standard InChI is InChI=1S/C35H48O3/c1-12-20(4)13-14-25-15-26(19(2)3)27-17-33(9)18-34(10)16-21(5)28(24(8)36)32(38)35(34,11)23(7)30(33)31(37)29(27)22(25)6/h15,19-20H,12-14,16-18H2,1-11H3. The minimum absolute atomic E-state index is 0.0937. The van der Waals surface area contributed by atoms with Gasteiger partial charge in [-0.2, -0.15) is 0 Å². The Labute approximate surface area is 230 Å². The number of rotatable bonds is 6. The molecule has 4 rings (SSSR count). The van der Waals surface area contributed by atoms with E-state index in [9.17, 15) is 14.4 Å². The highest BCUT2D eigenvalue weighted by Gasteiger charge is 2.63. The molecular formula is C35H48O3. The van der Waals surface area contributed by atoms with Crippen LogP contribution in [0, 0.1) is 29.1 Å². The number of benzene rings is 1. The molecule has 3 nitrogen and oxygen atoms in total. The van der Waals surface area contributed by atoms with E-state index in [1.165, 1.54) is 23.6 Å². The lowest BCUT2D eigenvalue weighted by atomic mass is 9.42. The summed E-state index contributed by atoms with van der Waals surface area (Å²) in [5.74, 6) is 0.841. The molecule has 3 heteroatoms. The van der Waals surface area contributed by atoms with E-state index in [4.69, 9.17) is 0 Å². The zero-order chi connectivity index (χ0) is 28.5. The van der Waals surface area contributed by atoms with Gasteiger partial charge in [0.1, 0.15) is 0 Å². The number of aryl methyl sites for hydroxylation is 1. The summed E-state index contributed by atoms with van der Waals surface area (Å²) >= 11 is 0. The van der Waals surface area contributed by atoms with Gasteiger partial charge in [-0.3, -0.25) is 14.4 Å². The van der Waals surface area contributed by atoms with Gasteiger partial charge < -0.3 is 0 Å². The summed E-state index contributed by atoms with van der Waals surface area (Å²) in [6.07, 6.45) is 5.54. The number of hydrogen-bond acceptors (Lipinski definition) is 3. The van der Waals surface area contributed by atoms with Gasteiger partial charge in [0.2, 0.25) is 0 Å². The molecule has 0 aromatic heterocycles. The number of allylic oxidation sites excluding steroid dienone is 4. The van der Waals surface area contributed by atoms with Gasteiger partial charge in [0, 0.05) is 16.6 Å². The minimum Gasteiger partial charge on any atom is -0.294 e. The largest absolute Gasteiger partial charge is 0.294 e. The van der Waals surface area contributed by atoms with Gasteiger partial charge in [-0.1, -0.05) is 65.2 Å². The number of fused-ring (bicyclic) bond motifs is 3. The molecule has 4 atom stereocenters. The molecule has 206 valence electrons. The predicted octanol–water partition coefficient (Wildman–Crippen LogP) is 8.45. The molecule has 4 unspecified atom stereocenters. The van der Waals surface area contributed by atoms with Crippen molar-refractivity contribution in [2.75, 3.05) is 0 Å². The quantitative estimate of drug-likeness (QED) is 0.356. The van der Waals surface area contributed by atoms with Crippen molar-refractivity contribution in [1.29, 1.82) is 0 Å². The van der Waals surface area contributed by atoms with Crippen LogP contribution in [0.1, 0.15) is 133 Å². The summed E-state index contributed by atoms with van der Waals surface area (Å²) in [7, 11) is 0. The Morgan fingerprint density at radius 1 is 1.03 bits per heavy atom. The lowest BCUT2D eigenvalue weighted by molar-refractivity contribution is -0.134. The van der Waals surface area contributed by atoms with Crippen LogP contribution in [-0.4, -0.2) is 17.3 Å². The van der Waals surface area contributed by atoms with E-state index < -0.39 is 5.41 Å². The molecule has 0 spiro atoms. The third kappa shape index (κ3) is 3.94. The Hall–Kier alpha value is -2.29. The zero-order valence-corrected chi connectivity index (χ0v) is 25.7. The maximum Gasteiger partial charge on any atom is 0.190 e. The van der Waals surface area contributed by atoms with Crippen LogP contribution in [0.2, 0.25) is 0 Å². The third-order valence-corrected chi connectivity index (χ3v) is 10.9. The molecule has 0 aliphatic heterocycles. The van der Waals surface area contributed by atoms with E-state index in [2.05, 4.69) is 54.5 Å². The first-order valence-electron chi connectivity index (χ1n) is 14.7. The van der Waals surface area contributed by atoms with Crippen LogP contribution in [0.3, 0.4) is 0 Å². The highest BCUT2D eigenvalue weighted by atomic mass is 16.2. The van der Waals surface area contributed by atoms with Crippen LogP contribution < -0.4 is 0 Å². The zero-order valence-electron chi connectivity index (χ0n) is 25.7. The second-order valence-electron chi connectivity index (χ2n) is 14.0. The van der Waals surface area contributed by atoms with Crippen molar-refractivity contribution in [1.82, 2.24) is 0 Å². The van der Waals surface area contributed by atoms with Gasteiger partial charge in [0.25, 0.3) is 0 Å². The van der Waals surface area contributed by atoms with Crippen molar-refractivity contribution in [3.8, 4) is 0 Å². The summed E-state index contributed by atoms with van der Waals surface area (Å²) in [4.78, 5) is 41.3. The van der Waals surface area contributed by atoms with Crippen LogP contribution in [0.15, 0.2) is 28.4 Å². The molecule has 0 amide bonds. The summed E-state index contributed by atoms with van der Waals surface area (Å²) in [6, 6.07) is 2.39. The Balaban J connectivity index is 1.96. The van der Waals surface area contributed by atoms with Crippen molar-refractivity contribution in [2.24, 2.45) is 22.2 Å². The van der Waals surface area contributed by atoms with Gasteiger partial charge in [-0.25, -0.2) is 0 Å². The molecule has 38 heavy (non-hydrogen) atoms. The molecule has 0 heterocycles. The van der Waals surface area contributed by atoms with E-state index >= 15 is 0 Å². The topological polar surface area (TPSA) is 51.2 Å². The Bertz CT molecular complexity index is 1300. The lowest BCUT2D eigenvalue weighted by Crippen LogP contribution is -2.57. The average molecular weight is 517 g/mol. The number of carbonyl (C=O) groups excluding carboxylic acids is 3. The van der Waals surface area contributed by atoms with Crippen LogP contribution in [0.4, 0.5) is 0 Å². The summed E-state index contributed by atoms with van der Waals surface area (Å²) in [5, 5.41) is 0. The minimum atomic E-state index is -0.863. The van der Waals surface area contributed by atoms with Gasteiger partial charge in [0.15, 0.2) is 17.3 Å². The molecule has 0 bridgehead atoms. The highest BCUT2D eigenvalue weighted by molar-refractivity contribution is 6.24. The van der Waals surface area contributed by atoms with Crippen LogP contribution in [0.25, 0.3) is 0 Å². The number of hydrogen-bond donors (Lipinski definition) is 0. The maximum absolute atomic E-state index is 14.7. The van der Waals surface area contributed by atoms with E-state index in [0.717, 1.165) is 60.0 Å².